The Bertz CT molecular complexity index is 154. The third-order valence-corrected chi connectivity index (χ3v) is 4.14. The number of hydrogen-bond acceptors (Lipinski definition) is 1. The summed E-state index contributed by atoms with van der Waals surface area (Å²) >= 11 is 0. The van der Waals surface area contributed by atoms with E-state index < -0.39 is 0 Å². The first kappa shape index (κ1) is 22.2. The molecule has 0 saturated heterocycles. The predicted octanol–water partition coefficient (Wildman–Crippen LogP) is 7.68. The fraction of sp³-hybridized carbons (Fsp3) is 1.00. The zero-order valence-electron chi connectivity index (χ0n) is 14.9. The van der Waals surface area contributed by atoms with Gasteiger partial charge < -0.3 is 6.15 Å². The lowest BCUT2D eigenvalue weighted by atomic mass is 10.0. The molecular formula is C19H43N. The van der Waals surface area contributed by atoms with Crippen LogP contribution in [0.5, 0.6) is 0 Å². The predicted molar refractivity (Wildman–Crippen MR) is 94.8 cm³/mol. The van der Waals surface area contributed by atoms with Crippen LogP contribution < -0.4 is 6.15 Å². The lowest BCUT2D eigenvalue weighted by Crippen LogP contribution is -1.87. The van der Waals surface area contributed by atoms with E-state index >= 15 is 0 Å². The van der Waals surface area contributed by atoms with Crippen molar-refractivity contribution in [3.8, 4) is 0 Å². The van der Waals surface area contributed by atoms with Crippen LogP contribution in [-0.2, 0) is 0 Å². The third-order valence-electron chi connectivity index (χ3n) is 4.14. The Balaban J connectivity index is 0. The molecule has 0 unspecified atom stereocenters. The van der Waals surface area contributed by atoms with Crippen LogP contribution in [0.3, 0.4) is 0 Å². The average molecular weight is 286 g/mol. The van der Waals surface area contributed by atoms with Crippen LogP contribution in [0.15, 0.2) is 0 Å². The molecule has 0 aliphatic rings. The molecule has 0 bridgehead atoms. The molecule has 0 aromatic heterocycles. The molecule has 0 heterocycles. The van der Waals surface area contributed by atoms with Crippen LogP contribution in [0.2, 0.25) is 0 Å². The Kier molecular flexibility index (Phi) is 21.1. The summed E-state index contributed by atoms with van der Waals surface area (Å²) in [5, 5.41) is 0. The number of unbranched alkanes of at least 4 members (excludes halogenated alkanes) is 13. The maximum absolute atomic E-state index is 2.34. The minimum Gasteiger partial charge on any atom is -0.344 e. The Morgan fingerprint density at radius 1 is 0.500 bits per heavy atom. The van der Waals surface area contributed by atoms with E-state index in [0.29, 0.717) is 0 Å². The number of rotatable bonds is 15. The van der Waals surface area contributed by atoms with Gasteiger partial charge in [-0.2, -0.15) is 0 Å². The minimum atomic E-state index is 0. The van der Waals surface area contributed by atoms with Gasteiger partial charge in [0.1, 0.15) is 0 Å². The van der Waals surface area contributed by atoms with Crippen molar-refractivity contribution in [1.82, 2.24) is 6.15 Å². The summed E-state index contributed by atoms with van der Waals surface area (Å²) in [6.07, 6.45) is 22.0. The van der Waals surface area contributed by atoms with Gasteiger partial charge in [-0.05, 0) is 5.92 Å². The molecule has 1 heteroatoms. The summed E-state index contributed by atoms with van der Waals surface area (Å²) in [6, 6.07) is 0. The molecule has 0 radical (unpaired) electrons. The molecule has 3 N–H and O–H groups in total. The van der Waals surface area contributed by atoms with Crippen molar-refractivity contribution < 1.29 is 0 Å². The second-order valence-corrected chi connectivity index (χ2v) is 6.78. The molecule has 0 aromatic carbocycles. The topological polar surface area (TPSA) is 35.0 Å². The highest BCUT2D eigenvalue weighted by Gasteiger charge is 1.95. The highest BCUT2D eigenvalue weighted by Crippen LogP contribution is 2.14. The molecule has 0 amide bonds. The molecule has 20 heavy (non-hydrogen) atoms. The van der Waals surface area contributed by atoms with E-state index in [1.54, 1.807) is 0 Å². The minimum absolute atomic E-state index is 0. The maximum Gasteiger partial charge on any atom is -0.0471 e. The van der Waals surface area contributed by atoms with Gasteiger partial charge in [0, 0.05) is 0 Å². The quantitative estimate of drug-likeness (QED) is 0.308. The van der Waals surface area contributed by atoms with Crippen LogP contribution >= 0.6 is 0 Å². The van der Waals surface area contributed by atoms with Gasteiger partial charge in [0.15, 0.2) is 0 Å². The largest absolute Gasteiger partial charge is 0.344 e. The molecule has 0 rings (SSSR count). The summed E-state index contributed by atoms with van der Waals surface area (Å²) in [5.41, 5.74) is 0. The molecule has 124 valence electrons. The van der Waals surface area contributed by atoms with Gasteiger partial charge in [-0.3, -0.25) is 0 Å². The van der Waals surface area contributed by atoms with Gasteiger partial charge in [0.25, 0.3) is 0 Å². The highest BCUT2D eigenvalue weighted by atomic mass is 14.0. The van der Waals surface area contributed by atoms with Crippen molar-refractivity contribution in [3.05, 3.63) is 0 Å². The lowest BCUT2D eigenvalue weighted by molar-refractivity contribution is 0.502. The smallest absolute Gasteiger partial charge is 0.0471 e. The molecular weight excluding hydrogens is 242 g/mol. The van der Waals surface area contributed by atoms with Gasteiger partial charge in [-0.1, -0.05) is 117 Å². The van der Waals surface area contributed by atoms with Crippen molar-refractivity contribution in [1.29, 1.82) is 0 Å². The molecule has 0 aliphatic heterocycles. The standard InChI is InChI=1S/C19H40.H3N/c1-4-5-6-7-8-9-10-11-12-13-14-15-16-17-18-19(2)3;/h19H,4-18H2,1-3H3;1H3. The Labute approximate surface area is 129 Å². The van der Waals surface area contributed by atoms with Gasteiger partial charge in [0.05, 0.1) is 0 Å². The van der Waals surface area contributed by atoms with Crippen LogP contribution in [0, 0.1) is 5.92 Å². The van der Waals surface area contributed by atoms with E-state index in [1.165, 1.54) is 96.3 Å². The summed E-state index contributed by atoms with van der Waals surface area (Å²) < 4.78 is 0. The Morgan fingerprint density at radius 3 is 1.10 bits per heavy atom. The molecule has 1 nitrogen and oxygen atoms in total. The molecule has 0 atom stereocenters. The summed E-state index contributed by atoms with van der Waals surface area (Å²) in [5.74, 6) is 0.900. The zero-order chi connectivity index (χ0) is 14.2. The normalized spacial score (nSPS) is 10.8. The monoisotopic (exact) mass is 285 g/mol. The highest BCUT2D eigenvalue weighted by molar-refractivity contribution is 4.50. The van der Waals surface area contributed by atoms with Crippen molar-refractivity contribution >= 4 is 0 Å². The van der Waals surface area contributed by atoms with E-state index in [0.717, 1.165) is 5.92 Å². The van der Waals surface area contributed by atoms with Crippen LogP contribution in [0.1, 0.15) is 117 Å². The second kappa shape index (κ2) is 19.0. The van der Waals surface area contributed by atoms with Gasteiger partial charge in [0.2, 0.25) is 0 Å². The molecule has 0 spiro atoms. The third kappa shape index (κ3) is 20.3. The first-order chi connectivity index (χ1) is 9.27. The fourth-order valence-corrected chi connectivity index (χ4v) is 2.75. The second-order valence-electron chi connectivity index (χ2n) is 6.78. The molecule has 0 aromatic rings. The molecule has 0 saturated carbocycles. The van der Waals surface area contributed by atoms with Gasteiger partial charge >= 0.3 is 0 Å². The first-order valence-corrected chi connectivity index (χ1v) is 9.27. The van der Waals surface area contributed by atoms with E-state index in [-0.39, 0.29) is 6.15 Å². The van der Waals surface area contributed by atoms with E-state index in [2.05, 4.69) is 20.8 Å². The van der Waals surface area contributed by atoms with Crippen LogP contribution in [-0.4, -0.2) is 0 Å². The van der Waals surface area contributed by atoms with Crippen molar-refractivity contribution in [3.63, 3.8) is 0 Å². The Hall–Kier alpha value is -0.0400. The van der Waals surface area contributed by atoms with Crippen molar-refractivity contribution in [2.75, 3.05) is 0 Å². The summed E-state index contributed by atoms with van der Waals surface area (Å²) in [7, 11) is 0. The number of hydrogen-bond donors (Lipinski definition) is 1. The SMILES string of the molecule is CCCCCCCCCCCCCCCCC(C)C.N. The fourth-order valence-electron chi connectivity index (χ4n) is 2.75. The van der Waals surface area contributed by atoms with Crippen LogP contribution in [0.4, 0.5) is 0 Å². The summed E-state index contributed by atoms with van der Waals surface area (Å²) in [4.78, 5) is 0. The van der Waals surface area contributed by atoms with E-state index in [4.69, 9.17) is 0 Å². The molecule has 0 fully saturated rings. The average Bonchev–Trinajstić information content (AvgIpc) is 2.39. The van der Waals surface area contributed by atoms with Gasteiger partial charge in [-0.15, -0.1) is 0 Å². The zero-order valence-corrected chi connectivity index (χ0v) is 14.9. The first-order valence-electron chi connectivity index (χ1n) is 9.27. The summed E-state index contributed by atoms with van der Waals surface area (Å²) in [6.45, 7) is 6.97. The van der Waals surface area contributed by atoms with E-state index in [1.807, 2.05) is 0 Å². The van der Waals surface area contributed by atoms with E-state index in [9.17, 15) is 0 Å². The lowest BCUT2D eigenvalue weighted by Gasteiger charge is -2.04. The van der Waals surface area contributed by atoms with Crippen LogP contribution in [0.25, 0.3) is 0 Å². The molecule has 0 aliphatic carbocycles. The Morgan fingerprint density at radius 2 is 0.800 bits per heavy atom. The maximum atomic E-state index is 2.34. The van der Waals surface area contributed by atoms with Crippen molar-refractivity contribution in [2.45, 2.75) is 117 Å². The van der Waals surface area contributed by atoms with Gasteiger partial charge in [-0.25, -0.2) is 0 Å². The van der Waals surface area contributed by atoms with Crippen molar-refractivity contribution in [2.24, 2.45) is 5.92 Å².